The predicted octanol–water partition coefficient (Wildman–Crippen LogP) is 2.45. The zero-order chi connectivity index (χ0) is 14.6. The van der Waals surface area contributed by atoms with Crippen LogP contribution >= 0.6 is 0 Å². The Morgan fingerprint density at radius 2 is 2.05 bits per heavy atom. The Morgan fingerprint density at radius 1 is 1.35 bits per heavy atom. The van der Waals surface area contributed by atoms with Crippen LogP contribution in [0.5, 0.6) is 0 Å². The van der Waals surface area contributed by atoms with Crippen LogP contribution in [0.1, 0.15) is 55.1 Å². The molecular weight excluding hydrogens is 256 g/mol. The second-order valence-corrected chi connectivity index (χ2v) is 5.52. The van der Waals surface area contributed by atoms with Gasteiger partial charge in [0.25, 0.3) is 0 Å². The maximum atomic E-state index is 11.2. The van der Waals surface area contributed by atoms with Gasteiger partial charge < -0.3 is 15.5 Å². The number of nitrogens with zero attached hydrogens (tertiary/aromatic N) is 1. The molecule has 1 aromatic heterocycles. The van der Waals surface area contributed by atoms with Crippen molar-refractivity contribution in [3.63, 3.8) is 0 Å². The van der Waals surface area contributed by atoms with Crippen molar-refractivity contribution in [1.82, 2.24) is 4.98 Å². The fourth-order valence-corrected chi connectivity index (χ4v) is 2.78. The largest absolute Gasteiger partial charge is 0.478 e. The molecule has 0 saturated heterocycles. The van der Waals surface area contributed by atoms with E-state index in [0.717, 1.165) is 31.4 Å². The molecule has 20 heavy (non-hydrogen) atoms. The van der Waals surface area contributed by atoms with E-state index in [0.29, 0.717) is 12.2 Å². The fourth-order valence-electron chi connectivity index (χ4n) is 2.78. The maximum Gasteiger partial charge on any atom is 0.335 e. The summed E-state index contributed by atoms with van der Waals surface area (Å²) in [5.74, 6) is -0.399. The summed E-state index contributed by atoms with van der Waals surface area (Å²) in [5.41, 5.74) is 0.632. The van der Waals surface area contributed by atoms with E-state index < -0.39 is 5.97 Å². The Balaban J connectivity index is 2.27. The summed E-state index contributed by atoms with van der Waals surface area (Å²) < 4.78 is 0. The number of aliphatic hydroxyl groups is 1. The van der Waals surface area contributed by atoms with Crippen LogP contribution in [0, 0.1) is 0 Å². The van der Waals surface area contributed by atoms with Gasteiger partial charge in [-0.05, 0) is 31.4 Å². The molecule has 1 aliphatic rings. The quantitative estimate of drug-likeness (QED) is 0.770. The van der Waals surface area contributed by atoms with Crippen LogP contribution in [0.4, 0.5) is 5.82 Å². The summed E-state index contributed by atoms with van der Waals surface area (Å²) in [7, 11) is 0. The Kier molecular flexibility index (Phi) is 4.60. The highest BCUT2D eigenvalue weighted by atomic mass is 16.4. The SMILES string of the molecule is CCc1cc(C(=O)O)cc(NC2(CO)CCCCC2)n1. The van der Waals surface area contributed by atoms with Crippen LogP contribution in [-0.4, -0.2) is 33.3 Å². The number of aromatic carboxylic acids is 1. The van der Waals surface area contributed by atoms with E-state index in [9.17, 15) is 9.90 Å². The normalized spacial score (nSPS) is 17.7. The van der Waals surface area contributed by atoms with Gasteiger partial charge in [-0.3, -0.25) is 0 Å². The van der Waals surface area contributed by atoms with Crippen LogP contribution in [0.3, 0.4) is 0 Å². The molecule has 0 amide bonds. The molecule has 0 bridgehead atoms. The second-order valence-electron chi connectivity index (χ2n) is 5.52. The highest BCUT2D eigenvalue weighted by molar-refractivity contribution is 5.88. The number of hydrogen-bond acceptors (Lipinski definition) is 4. The van der Waals surface area contributed by atoms with Gasteiger partial charge >= 0.3 is 5.97 Å². The number of carbonyl (C=O) groups is 1. The molecular formula is C15H22N2O3. The molecule has 0 radical (unpaired) electrons. The monoisotopic (exact) mass is 278 g/mol. The van der Waals surface area contributed by atoms with E-state index in [1.54, 1.807) is 12.1 Å². The van der Waals surface area contributed by atoms with Crippen molar-refractivity contribution in [2.24, 2.45) is 0 Å². The lowest BCUT2D eigenvalue weighted by Crippen LogP contribution is -2.44. The smallest absolute Gasteiger partial charge is 0.335 e. The first-order valence-electron chi connectivity index (χ1n) is 7.22. The Labute approximate surface area is 119 Å². The van der Waals surface area contributed by atoms with Crippen molar-refractivity contribution in [2.75, 3.05) is 11.9 Å². The lowest BCUT2D eigenvalue weighted by molar-refractivity contribution is 0.0696. The van der Waals surface area contributed by atoms with Gasteiger partial charge in [0.15, 0.2) is 0 Å². The minimum atomic E-state index is -0.952. The van der Waals surface area contributed by atoms with Crippen LogP contribution in [-0.2, 0) is 6.42 Å². The van der Waals surface area contributed by atoms with Gasteiger partial charge in [-0.25, -0.2) is 9.78 Å². The van der Waals surface area contributed by atoms with Gasteiger partial charge in [-0.2, -0.15) is 0 Å². The lowest BCUT2D eigenvalue weighted by atomic mass is 9.82. The number of aryl methyl sites for hydroxylation is 1. The summed E-state index contributed by atoms with van der Waals surface area (Å²) in [5, 5.41) is 22.1. The number of aliphatic hydroxyl groups excluding tert-OH is 1. The highest BCUT2D eigenvalue weighted by Crippen LogP contribution is 2.31. The third kappa shape index (κ3) is 3.28. The third-order valence-electron chi connectivity index (χ3n) is 3.99. The highest BCUT2D eigenvalue weighted by Gasteiger charge is 2.31. The average Bonchev–Trinajstić information content (AvgIpc) is 2.47. The topological polar surface area (TPSA) is 82.5 Å². The van der Waals surface area contributed by atoms with Gasteiger partial charge in [0.05, 0.1) is 17.7 Å². The Bertz CT molecular complexity index is 482. The van der Waals surface area contributed by atoms with Crippen molar-refractivity contribution in [2.45, 2.75) is 51.0 Å². The molecule has 1 aromatic rings. The number of aromatic nitrogens is 1. The summed E-state index contributed by atoms with van der Waals surface area (Å²) in [6, 6.07) is 3.15. The molecule has 2 rings (SSSR count). The van der Waals surface area contributed by atoms with Crippen molar-refractivity contribution >= 4 is 11.8 Å². The lowest BCUT2D eigenvalue weighted by Gasteiger charge is -2.37. The zero-order valence-electron chi connectivity index (χ0n) is 11.9. The minimum absolute atomic E-state index is 0.0490. The molecule has 1 heterocycles. The molecule has 0 unspecified atom stereocenters. The molecule has 1 aliphatic carbocycles. The maximum absolute atomic E-state index is 11.2. The van der Waals surface area contributed by atoms with Gasteiger partial charge in [-0.1, -0.05) is 26.2 Å². The van der Waals surface area contributed by atoms with E-state index in [1.165, 1.54) is 6.42 Å². The summed E-state index contributed by atoms with van der Waals surface area (Å²) in [4.78, 5) is 15.6. The third-order valence-corrected chi connectivity index (χ3v) is 3.99. The molecule has 0 aromatic carbocycles. The number of carboxylic acids is 1. The van der Waals surface area contributed by atoms with Gasteiger partial charge in [0, 0.05) is 5.69 Å². The standard InChI is InChI=1S/C15H22N2O3/c1-2-12-8-11(14(19)20)9-13(16-12)17-15(10-18)6-4-3-5-7-15/h8-9,18H,2-7,10H2,1H3,(H,16,17)(H,19,20). The molecule has 3 N–H and O–H groups in total. The molecule has 0 atom stereocenters. The van der Waals surface area contributed by atoms with E-state index >= 15 is 0 Å². The van der Waals surface area contributed by atoms with E-state index in [4.69, 9.17) is 5.11 Å². The van der Waals surface area contributed by atoms with E-state index in [1.807, 2.05) is 6.92 Å². The predicted molar refractivity (Wildman–Crippen MR) is 77.1 cm³/mol. The van der Waals surface area contributed by atoms with Crippen molar-refractivity contribution < 1.29 is 15.0 Å². The number of rotatable bonds is 5. The molecule has 0 spiro atoms. The van der Waals surface area contributed by atoms with Crippen LogP contribution in [0.2, 0.25) is 0 Å². The van der Waals surface area contributed by atoms with E-state index in [-0.39, 0.29) is 17.7 Å². The van der Waals surface area contributed by atoms with Crippen molar-refractivity contribution in [1.29, 1.82) is 0 Å². The first-order chi connectivity index (χ1) is 9.58. The number of nitrogens with one attached hydrogen (secondary N) is 1. The van der Waals surface area contributed by atoms with Crippen molar-refractivity contribution in [3.05, 3.63) is 23.4 Å². The van der Waals surface area contributed by atoms with Gasteiger partial charge in [0.1, 0.15) is 5.82 Å². The van der Waals surface area contributed by atoms with Crippen LogP contribution in [0.15, 0.2) is 12.1 Å². The number of carboxylic acid groups (broad SMARTS) is 1. The second kappa shape index (κ2) is 6.22. The van der Waals surface area contributed by atoms with Crippen molar-refractivity contribution in [3.8, 4) is 0 Å². The number of anilines is 1. The number of pyridine rings is 1. The molecule has 5 nitrogen and oxygen atoms in total. The Morgan fingerprint density at radius 3 is 2.60 bits per heavy atom. The van der Waals surface area contributed by atoms with Crippen LogP contribution < -0.4 is 5.32 Å². The first kappa shape index (κ1) is 14.8. The molecule has 110 valence electrons. The zero-order valence-corrected chi connectivity index (χ0v) is 11.9. The average molecular weight is 278 g/mol. The summed E-state index contributed by atoms with van der Waals surface area (Å²) in [6.45, 7) is 1.99. The molecule has 5 heteroatoms. The summed E-state index contributed by atoms with van der Waals surface area (Å²) >= 11 is 0. The molecule has 1 saturated carbocycles. The minimum Gasteiger partial charge on any atom is -0.478 e. The van der Waals surface area contributed by atoms with E-state index in [2.05, 4.69) is 10.3 Å². The Hall–Kier alpha value is -1.62. The first-order valence-corrected chi connectivity index (χ1v) is 7.22. The molecule has 0 aliphatic heterocycles. The number of hydrogen-bond donors (Lipinski definition) is 3. The summed E-state index contributed by atoms with van der Waals surface area (Å²) in [6.07, 6.45) is 5.81. The van der Waals surface area contributed by atoms with Gasteiger partial charge in [0.2, 0.25) is 0 Å². The fraction of sp³-hybridized carbons (Fsp3) is 0.600. The van der Waals surface area contributed by atoms with Crippen LogP contribution in [0.25, 0.3) is 0 Å². The molecule has 1 fully saturated rings. The van der Waals surface area contributed by atoms with Gasteiger partial charge in [-0.15, -0.1) is 0 Å².